The fourth-order valence-electron chi connectivity index (χ4n) is 3.28. The summed E-state index contributed by atoms with van der Waals surface area (Å²) in [4.78, 5) is 11.5. The van der Waals surface area contributed by atoms with Crippen molar-refractivity contribution in [3.63, 3.8) is 0 Å². The number of amides is 1. The van der Waals surface area contributed by atoms with Gasteiger partial charge in [0.25, 0.3) is 0 Å². The SMILES string of the molecule is CC(C)(C)OC(=O)NCCOCCOCCOCCOCCOCCOCCOCCOCCOCCOCc1ccccc1. The lowest BCUT2D eigenvalue weighted by Gasteiger charge is -2.19. The van der Waals surface area contributed by atoms with E-state index in [9.17, 15) is 4.79 Å². The quantitative estimate of drug-likeness (QED) is 0.115. The summed E-state index contributed by atoms with van der Waals surface area (Å²) in [6.07, 6.45) is -0.451. The predicted octanol–water partition coefficient (Wildman–Crippen LogP) is 2.88. The molecule has 0 aliphatic carbocycles. The van der Waals surface area contributed by atoms with Gasteiger partial charge in [-0.2, -0.15) is 0 Å². The summed E-state index contributed by atoms with van der Waals surface area (Å²) in [6.45, 7) is 15.9. The molecule has 0 bridgehead atoms. The highest BCUT2D eigenvalue weighted by atomic mass is 16.6. The molecule has 1 rings (SSSR count). The number of carbonyl (C=O) groups is 1. The van der Waals surface area contributed by atoms with Gasteiger partial charge in [-0.3, -0.25) is 0 Å². The van der Waals surface area contributed by atoms with E-state index in [0.717, 1.165) is 5.56 Å². The van der Waals surface area contributed by atoms with Crippen LogP contribution in [0.3, 0.4) is 0 Å². The minimum absolute atomic E-state index is 0.384. The molecule has 262 valence electrons. The number of carbonyl (C=O) groups excluding carboxylic acids is 1. The molecule has 0 saturated heterocycles. The minimum atomic E-state index is -0.510. The molecule has 0 spiro atoms. The molecule has 1 N–H and O–H groups in total. The number of hydrogen-bond acceptors (Lipinski definition) is 12. The van der Waals surface area contributed by atoms with Crippen molar-refractivity contribution < 1.29 is 56.9 Å². The first kappa shape index (κ1) is 41.1. The molecule has 1 amide bonds. The maximum atomic E-state index is 11.5. The summed E-state index contributed by atoms with van der Waals surface area (Å²) in [6, 6.07) is 10.1. The van der Waals surface area contributed by atoms with E-state index >= 15 is 0 Å². The van der Waals surface area contributed by atoms with Crippen LogP contribution in [0.1, 0.15) is 26.3 Å². The molecule has 0 atom stereocenters. The lowest BCUT2D eigenvalue weighted by molar-refractivity contribution is -0.0266. The maximum Gasteiger partial charge on any atom is 0.407 e. The first-order valence-electron chi connectivity index (χ1n) is 15.8. The molecule has 1 aromatic rings. The van der Waals surface area contributed by atoms with Crippen LogP contribution in [0, 0.1) is 0 Å². The first-order chi connectivity index (χ1) is 22.0. The van der Waals surface area contributed by atoms with Crippen LogP contribution in [0.15, 0.2) is 30.3 Å². The van der Waals surface area contributed by atoms with Gasteiger partial charge in [0.15, 0.2) is 0 Å². The van der Waals surface area contributed by atoms with E-state index in [0.29, 0.717) is 139 Å². The lowest BCUT2D eigenvalue weighted by Crippen LogP contribution is -2.34. The Labute approximate surface area is 269 Å². The van der Waals surface area contributed by atoms with E-state index in [1.54, 1.807) is 0 Å². The molecule has 0 aliphatic heterocycles. The van der Waals surface area contributed by atoms with Gasteiger partial charge in [0, 0.05) is 6.54 Å². The first-order valence-corrected chi connectivity index (χ1v) is 15.8. The molecule has 0 heterocycles. The molecule has 13 nitrogen and oxygen atoms in total. The normalized spacial score (nSPS) is 11.6. The highest BCUT2D eigenvalue weighted by molar-refractivity contribution is 5.67. The summed E-state index contributed by atoms with van der Waals surface area (Å²) in [5, 5.41) is 2.63. The van der Waals surface area contributed by atoms with E-state index in [1.165, 1.54) is 0 Å². The van der Waals surface area contributed by atoms with Gasteiger partial charge in [0.1, 0.15) is 5.60 Å². The standard InChI is InChI=1S/C32H57NO12/c1-32(2,3)45-31(34)33-9-10-35-11-12-36-13-14-37-15-16-38-17-18-39-19-20-40-21-22-41-23-24-42-25-26-43-27-28-44-29-30-7-5-4-6-8-30/h4-8H,9-29H2,1-3H3,(H,33,34). The molecule has 0 fully saturated rings. The van der Waals surface area contributed by atoms with Crippen LogP contribution in [0.25, 0.3) is 0 Å². The summed E-state index contributed by atoms with van der Waals surface area (Å²) in [5.41, 5.74) is 0.646. The Morgan fingerprint density at radius 3 is 1.13 bits per heavy atom. The van der Waals surface area contributed by atoms with E-state index in [-0.39, 0.29) is 0 Å². The van der Waals surface area contributed by atoms with E-state index < -0.39 is 11.7 Å². The Hall–Kier alpha value is -1.91. The Balaban J connectivity index is 1.64. The smallest absolute Gasteiger partial charge is 0.407 e. The predicted molar refractivity (Wildman–Crippen MR) is 168 cm³/mol. The van der Waals surface area contributed by atoms with Crippen LogP contribution in [0.5, 0.6) is 0 Å². The van der Waals surface area contributed by atoms with Gasteiger partial charge < -0.3 is 57.4 Å². The molecule has 13 heteroatoms. The van der Waals surface area contributed by atoms with Crippen LogP contribution >= 0.6 is 0 Å². The van der Waals surface area contributed by atoms with Crippen molar-refractivity contribution in [1.82, 2.24) is 5.32 Å². The number of alkyl carbamates (subject to hydrolysis) is 1. The molecule has 1 aromatic carbocycles. The van der Waals surface area contributed by atoms with Crippen molar-refractivity contribution in [1.29, 1.82) is 0 Å². The van der Waals surface area contributed by atoms with Gasteiger partial charge in [-0.25, -0.2) is 4.79 Å². The lowest BCUT2D eigenvalue weighted by atomic mass is 10.2. The average Bonchev–Trinajstić information content (AvgIpc) is 3.01. The number of ether oxygens (including phenoxy) is 11. The Morgan fingerprint density at radius 2 is 0.800 bits per heavy atom. The zero-order chi connectivity index (χ0) is 32.5. The summed E-state index contributed by atoms with van der Waals surface area (Å²) in [5.74, 6) is 0. The second-order valence-electron chi connectivity index (χ2n) is 10.5. The second kappa shape index (κ2) is 30.7. The fraction of sp³-hybridized carbons (Fsp3) is 0.781. The van der Waals surface area contributed by atoms with Crippen molar-refractivity contribution in [2.75, 3.05) is 132 Å². The van der Waals surface area contributed by atoms with E-state index in [4.69, 9.17) is 52.1 Å². The van der Waals surface area contributed by atoms with Crippen molar-refractivity contribution >= 4 is 6.09 Å². The molecular weight excluding hydrogens is 590 g/mol. The van der Waals surface area contributed by atoms with Crippen LogP contribution < -0.4 is 5.32 Å². The van der Waals surface area contributed by atoms with Crippen LogP contribution in [-0.2, 0) is 58.7 Å². The van der Waals surface area contributed by atoms with Crippen LogP contribution in [-0.4, -0.2) is 144 Å². The largest absolute Gasteiger partial charge is 0.444 e. The number of hydrogen-bond donors (Lipinski definition) is 1. The van der Waals surface area contributed by atoms with Gasteiger partial charge >= 0.3 is 6.09 Å². The van der Waals surface area contributed by atoms with Gasteiger partial charge in [-0.15, -0.1) is 0 Å². The molecule has 0 unspecified atom stereocenters. The molecule has 0 aromatic heterocycles. The van der Waals surface area contributed by atoms with Crippen LogP contribution in [0.4, 0.5) is 4.79 Å². The average molecular weight is 648 g/mol. The van der Waals surface area contributed by atoms with Crippen LogP contribution in [0.2, 0.25) is 0 Å². The monoisotopic (exact) mass is 647 g/mol. The van der Waals surface area contributed by atoms with Gasteiger partial charge in [0.05, 0.1) is 132 Å². The summed E-state index contributed by atoms with van der Waals surface area (Å²) >= 11 is 0. The molecule has 0 saturated carbocycles. The minimum Gasteiger partial charge on any atom is -0.444 e. The summed E-state index contributed by atoms with van der Waals surface area (Å²) < 4.78 is 59.8. The second-order valence-corrected chi connectivity index (χ2v) is 10.5. The number of benzene rings is 1. The number of nitrogens with one attached hydrogen (secondary N) is 1. The zero-order valence-electron chi connectivity index (χ0n) is 27.6. The summed E-state index contributed by atoms with van der Waals surface area (Å²) in [7, 11) is 0. The number of rotatable bonds is 32. The zero-order valence-corrected chi connectivity index (χ0v) is 27.6. The molecule has 0 aliphatic rings. The highest BCUT2D eigenvalue weighted by Crippen LogP contribution is 2.06. The fourth-order valence-corrected chi connectivity index (χ4v) is 3.28. The molecular formula is C32H57NO12. The van der Waals surface area contributed by atoms with Crippen molar-refractivity contribution in [3.8, 4) is 0 Å². The van der Waals surface area contributed by atoms with Crippen molar-refractivity contribution in [2.45, 2.75) is 33.0 Å². The van der Waals surface area contributed by atoms with Crippen molar-refractivity contribution in [3.05, 3.63) is 35.9 Å². The molecule has 0 radical (unpaired) electrons. The third kappa shape index (κ3) is 31.8. The van der Waals surface area contributed by atoms with E-state index in [1.807, 2.05) is 51.1 Å². The Bertz CT molecular complexity index is 766. The Kier molecular flexibility index (Phi) is 28.1. The van der Waals surface area contributed by atoms with Gasteiger partial charge in [0.2, 0.25) is 0 Å². The third-order valence-corrected chi connectivity index (χ3v) is 5.37. The van der Waals surface area contributed by atoms with Gasteiger partial charge in [-0.05, 0) is 26.3 Å². The topological polar surface area (TPSA) is 131 Å². The van der Waals surface area contributed by atoms with Crippen molar-refractivity contribution in [2.24, 2.45) is 0 Å². The Morgan fingerprint density at radius 1 is 0.489 bits per heavy atom. The third-order valence-electron chi connectivity index (χ3n) is 5.37. The maximum absolute atomic E-state index is 11.5. The molecule has 45 heavy (non-hydrogen) atoms. The van der Waals surface area contributed by atoms with Gasteiger partial charge in [-0.1, -0.05) is 30.3 Å². The van der Waals surface area contributed by atoms with E-state index in [2.05, 4.69) is 5.32 Å². The highest BCUT2D eigenvalue weighted by Gasteiger charge is 2.15.